The standard InChI is InChI=1S/C33H49N3O5/c1-4-5-6-9-25(38)15-13-23-18-29(32(39)31(20-23)41-26-10-7-8-11-26)27(16-12-22(2)37)28-19-24(21-36-33(34)35)14-17-30(28)40-3/h6,9,14,17-18,20,24,26-28,30,39H,4-5,7-8,10-13,15-16,19,21H2,1-3H3,(H4,34,35,36)/t24-,27-,28-,30-/m1/s1. The molecule has 0 aromatic heterocycles. The van der Waals surface area contributed by atoms with Gasteiger partial charge in [-0.3, -0.25) is 9.79 Å². The predicted octanol–water partition coefficient (Wildman–Crippen LogP) is 5.51. The van der Waals surface area contributed by atoms with Crippen molar-refractivity contribution in [2.24, 2.45) is 28.3 Å². The van der Waals surface area contributed by atoms with E-state index in [1.807, 2.05) is 24.3 Å². The maximum atomic E-state index is 12.5. The van der Waals surface area contributed by atoms with Gasteiger partial charge in [0.05, 0.1) is 12.2 Å². The van der Waals surface area contributed by atoms with E-state index in [0.29, 0.717) is 38.0 Å². The van der Waals surface area contributed by atoms with E-state index < -0.39 is 0 Å². The van der Waals surface area contributed by atoms with E-state index >= 15 is 0 Å². The Labute approximate surface area is 245 Å². The van der Waals surface area contributed by atoms with Gasteiger partial charge in [-0.1, -0.05) is 37.6 Å². The molecule has 8 heteroatoms. The molecule has 226 valence electrons. The third-order valence-electron chi connectivity index (χ3n) is 8.25. The monoisotopic (exact) mass is 567 g/mol. The smallest absolute Gasteiger partial charge is 0.185 e. The Kier molecular flexibility index (Phi) is 12.9. The molecule has 0 bridgehead atoms. The Balaban J connectivity index is 2.00. The molecule has 0 unspecified atom stereocenters. The molecular weight excluding hydrogens is 518 g/mol. The van der Waals surface area contributed by atoms with Gasteiger partial charge in [-0.15, -0.1) is 0 Å². The third kappa shape index (κ3) is 10.0. The number of unbranched alkanes of at least 4 members (excludes halogenated alkanes) is 1. The van der Waals surface area contributed by atoms with Gasteiger partial charge >= 0.3 is 0 Å². The third-order valence-corrected chi connectivity index (χ3v) is 8.25. The lowest BCUT2D eigenvalue weighted by Crippen LogP contribution is -2.33. The maximum absolute atomic E-state index is 12.5. The molecule has 0 spiro atoms. The number of carbonyl (C=O) groups is 2. The number of benzene rings is 1. The van der Waals surface area contributed by atoms with Gasteiger partial charge < -0.3 is 30.8 Å². The zero-order valence-corrected chi connectivity index (χ0v) is 25.0. The van der Waals surface area contributed by atoms with Gasteiger partial charge in [-0.2, -0.15) is 0 Å². The second-order valence-corrected chi connectivity index (χ2v) is 11.6. The van der Waals surface area contributed by atoms with Crippen LogP contribution in [0.1, 0.15) is 95.1 Å². The largest absolute Gasteiger partial charge is 0.504 e. The lowest BCUT2D eigenvalue weighted by atomic mass is 9.71. The van der Waals surface area contributed by atoms with E-state index in [1.165, 1.54) is 0 Å². The molecule has 2 aliphatic rings. The summed E-state index contributed by atoms with van der Waals surface area (Å²) in [4.78, 5) is 28.9. The summed E-state index contributed by atoms with van der Waals surface area (Å²) in [6, 6.07) is 3.89. The highest BCUT2D eigenvalue weighted by Gasteiger charge is 2.36. The van der Waals surface area contributed by atoms with E-state index in [1.54, 1.807) is 20.1 Å². The second-order valence-electron chi connectivity index (χ2n) is 11.6. The molecule has 41 heavy (non-hydrogen) atoms. The number of ketones is 2. The van der Waals surface area contributed by atoms with Gasteiger partial charge in [0.25, 0.3) is 0 Å². The summed E-state index contributed by atoms with van der Waals surface area (Å²) in [5.74, 6) is 0.700. The number of rotatable bonds is 16. The number of aromatic hydroxyl groups is 1. The number of phenolic OH excluding ortho intramolecular Hbond substituents is 1. The minimum atomic E-state index is -0.199. The molecule has 1 saturated carbocycles. The predicted molar refractivity (Wildman–Crippen MR) is 163 cm³/mol. The zero-order chi connectivity index (χ0) is 29.8. The number of nitrogens with two attached hydrogens (primary N) is 2. The average Bonchev–Trinajstić information content (AvgIpc) is 3.46. The fourth-order valence-corrected chi connectivity index (χ4v) is 6.06. The molecule has 0 heterocycles. The summed E-state index contributed by atoms with van der Waals surface area (Å²) in [5.41, 5.74) is 12.9. The molecule has 0 aliphatic heterocycles. The number of carbonyl (C=O) groups excluding carboxylic acids is 2. The van der Waals surface area contributed by atoms with Crippen LogP contribution in [0.25, 0.3) is 0 Å². The van der Waals surface area contributed by atoms with Crippen molar-refractivity contribution in [2.45, 2.75) is 103 Å². The van der Waals surface area contributed by atoms with E-state index in [2.05, 4.69) is 18.0 Å². The van der Waals surface area contributed by atoms with Crippen molar-refractivity contribution in [2.75, 3.05) is 13.7 Å². The summed E-state index contributed by atoms with van der Waals surface area (Å²) in [6.07, 6.45) is 16.2. The van der Waals surface area contributed by atoms with Gasteiger partial charge in [0.1, 0.15) is 5.78 Å². The van der Waals surface area contributed by atoms with Crippen LogP contribution in [0.2, 0.25) is 0 Å². The van der Waals surface area contributed by atoms with Gasteiger partial charge in [-0.25, -0.2) is 0 Å². The minimum absolute atomic E-state index is 0.0253. The molecule has 1 aromatic rings. The van der Waals surface area contributed by atoms with Crippen molar-refractivity contribution >= 4 is 17.5 Å². The SMILES string of the molecule is CCCC=CC(=O)CCc1cc(OC2CCCC2)c(O)c([C@H](CCC(C)=O)[C@H]2C[C@H](CN=C(N)N)C=C[C@H]2OC)c1. The van der Waals surface area contributed by atoms with Crippen molar-refractivity contribution in [3.05, 3.63) is 47.6 Å². The number of aryl methyl sites for hydroxylation is 1. The molecule has 5 N–H and O–H groups in total. The Morgan fingerprint density at radius 1 is 1.17 bits per heavy atom. The zero-order valence-electron chi connectivity index (χ0n) is 25.0. The molecule has 0 amide bonds. The average molecular weight is 568 g/mol. The molecule has 8 nitrogen and oxygen atoms in total. The first-order chi connectivity index (χ1) is 19.7. The number of nitrogens with zero attached hydrogens (tertiary/aromatic N) is 1. The van der Waals surface area contributed by atoms with Gasteiger partial charge in [0.15, 0.2) is 23.2 Å². The van der Waals surface area contributed by atoms with Crippen molar-refractivity contribution in [3.8, 4) is 11.5 Å². The van der Waals surface area contributed by atoms with Crippen LogP contribution in [-0.2, 0) is 20.7 Å². The number of guanidine groups is 1. The lowest BCUT2D eigenvalue weighted by molar-refractivity contribution is -0.117. The summed E-state index contributed by atoms with van der Waals surface area (Å²) >= 11 is 0. The molecular formula is C33H49N3O5. The number of Topliss-reactive ketones (excluding diaryl/α,β-unsaturated/α-hetero) is 1. The van der Waals surface area contributed by atoms with Crippen LogP contribution >= 0.6 is 0 Å². The highest BCUT2D eigenvalue weighted by molar-refractivity contribution is 5.89. The van der Waals surface area contributed by atoms with Crippen LogP contribution in [0.4, 0.5) is 0 Å². The number of phenols is 1. The number of ether oxygens (including phenoxy) is 2. The first-order valence-corrected chi connectivity index (χ1v) is 15.2. The number of methoxy groups -OCH3 is 1. The van der Waals surface area contributed by atoms with E-state index in [-0.39, 0.29) is 53.2 Å². The molecule has 1 fully saturated rings. The number of hydrogen-bond acceptors (Lipinski definition) is 6. The van der Waals surface area contributed by atoms with Crippen molar-refractivity contribution < 1.29 is 24.2 Å². The molecule has 4 atom stereocenters. The van der Waals surface area contributed by atoms with Crippen LogP contribution in [0, 0.1) is 11.8 Å². The minimum Gasteiger partial charge on any atom is -0.504 e. The van der Waals surface area contributed by atoms with Gasteiger partial charge in [0, 0.05) is 32.1 Å². The summed E-state index contributed by atoms with van der Waals surface area (Å²) < 4.78 is 12.3. The van der Waals surface area contributed by atoms with Crippen LogP contribution in [0.5, 0.6) is 11.5 Å². The van der Waals surface area contributed by atoms with Crippen LogP contribution in [-0.4, -0.2) is 48.5 Å². The summed E-state index contributed by atoms with van der Waals surface area (Å²) in [6.45, 7) is 4.14. The fourth-order valence-electron chi connectivity index (χ4n) is 6.06. The number of aliphatic imine (C=N–C) groups is 1. The van der Waals surface area contributed by atoms with Crippen LogP contribution in [0.3, 0.4) is 0 Å². The highest BCUT2D eigenvalue weighted by Crippen LogP contribution is 2.46. The Hall–Kier alpha value is -3.13. The van der Waals surface area contributed by atoms with Crippen molar-refractivity contribution in [1.29, 1.82) is 0 Å². The first-order valence-electron chi connectivity index (χ1n) is 15.2. The summed E-state index contributed by atoms with van der Waals surface area (Å²) in [7, 11) is 1.68. The topological polar surface area (TPSA) is 137 Å². The number of allylic oxidation sites excluding steroid dienone is 2. The Morgan fingerprint density at radius 2 is 1.93 bits per heavy atom. The molecule has 0 radical (unpaired) electrons. The molecule has 2 aliphatic carbocycles. The van der Waals surface area contributed by atoms with Crippen LogP contribution in [0.15, 0.2) is 41.4 Å². The van der Waals surface area contributed by atoms with E-state index in [9.17, 15) is 14.7 Å². The second kappa shape index (κ2) is 16.3. The molecule has 0 saturated heterocycles. The van der Waals surface area contributed by atoms with E-state index in [4.69, 9.17) is 20.9 Å². The molecule has 3 rings (SSSR count). The lowest BCUT2D eigenvalue weighted by Gasteiger charge is -2.37. The van der Waals surface area contributed by atoms with E-state index in [0.717, 1.165) is 56.1 Å². The Morgan fingerprint density at radius 3 is 2.59 bits per heavy atom. The first kappa shape index (κ1) is 32.4. The number of hydrogen-bond donors (Lipinski definition) is 3. The summed E-state index contributed by atoms with van der Waals surface area (Å²) in [5, 5.41) is 11.7. The van der Waals surface area contributed by atoms with Gasteiger partial charge in [-0.05, 0) is 93.7 Å². The van der Waals surface area contributed by atoms with Crippen molar-refractivity contribution in [1.82, 2.24) is 0 Å². The maximum Gasteiger partial charge on any atom is 0.185 e. The quantitative estimate of drug-likeness (QED) is 0.104. The van der Waals surface area contributed by atoms with Gasteiger partial charge in [0.2, 0.25) is 0 Å². The highest BCUT2D eigenvalue weighted by atomic mass is 16.5. The fraction of sp³-hybridized carbons (Fsp3) is 0.606. The van der Waals surface area contributed by atoms with Crippen LogP contribution < -0.4 is 16.2 Å². The molecule has 1 aromatic carbocycles. The Bertz CT molecular complexity index is 1100. The van der Waals surface area contributed by atoms with Crippen molar-refractivity contribution in [3.63, 3.8) is 0 Å². The normalized spacial score (nSPS) is 21.7.